The second-order valence-corrected chi connectivity index (χ2v) is 4.20. The van der Waals surface area contributed by atoms with Crippen molar-refractivity contribution in [2.75, 3.05) is 13.1 Å². The van der Waals surface area contributed by atoms with Crippen LogP contribution in [0.3, 0.4) is 0 Å². The lowest BCUT2D eigenvalue weighted by Gasteiger charge is -1.99. The minimum Gasteiger partial charge on any atom is -0.316 e. The molecular weight excluding hydrogens is 194 g/mol. The summed E-state index contributed by atoms with van der Waals surface area (Å²) in [6.07, 6.45) is 7.93. The van der Waals surface area contributed by atoms with Crippen molar-refractivity contribution < 1.29 is 0 Å². The van der Waals surface area contributed by atoms with Crippen LogP contribution in [0.4, 0.5) is 0 Å². The molecule has 1 aromatic rings. The SMILES string of the molecule is CCCNCCC=CCc1cccc(C)c1. The number of nitrogens with one attached hydrogen (secondary N) is 1. The summed E-state index contributed by atoms with van der Waals surface area (Å²) < 4.78 is 0. The molecule has 1 N–H and O–H groups in total. The molecule has 0 amide bonds. The van der Waals surface area contributed by atoms with Gasteiger partial charge in [-0.05, 0) is 44.8 Å². The normalized spacial score (nSPS) is 11.1. The summed E-state index contributed by atoms with van der Waals surface area (Å²) >= 11 is 0. The zero-order chi connectivity index (χ0) is 11.6. The lowest BCUT2D eigenvalue weighted by Crippen LogP contribution is -2.14. The van der Waals surface area contributed by atoms with E-state index in [4.69, 9.17) is 0 Å². The molecule has 0 unspecified atom stereocenters. The Morgan fingerprint density at radius 3 is 2.81 bits per heavy atom. The van der Waals surface area contributed by atoms with Gasteiger partial charge in [0.2, 0.25) is 0 Å². The quantitative estimate of drug-likeness (QED) is 0.544. The first-order valence-electron chi connectivity index (χ1n) is 6.24. The number of benzene rings is 1. The molecule has 0 radical (unpaired) electrons. The molecule has 1 aromatic carbocycles. The highest BCUT2D eigenvalue weighted by Crippen LogP contribution is 2.05. The van der Waals surface area contributed by atoms with E-state index in [2.05, 4.69) is 55.6 Å². The summed E-state index contributed by atoms with van der Waals surface area (Å²) in [6, 6.07) is 8.70. The molecule has 0 aliphatic heterocycles. The van der Waals surface area contributed by atoms with E-state index in [0.717, 1.165) is 25.9 Å². The maximum absolute atomic E-state index is 3.39. The fraction of sp³-hybridized carbons (Fsp3) is 0.467. The van der Waals surface area contributed by atoms with Gasteiger partial charge < -0.3 is 5.32 Å². The van der Waals surface area contributed by atoms with Crippen LogP contribution in [0, 0.1) is 6.92 Å². The van der Waals surface area contributed by atoms with Crippen molar-refractivity contribution >= 4 is 0 Å². The van der Waals surface area contributed by atoms with Crippen molar-refractivity contribution in [3.05, 3.63) is 47.5 Å². The van der Waals surface area contributed by atoms with E-state index < -0.39 is 0 Å². The molecule has 0 saturated carbocycles. The number of allylic oxidation sites excluding steroid dienone is 1. The average Bonchev–Trinajstić information content (AvgIpc) is 2.28. The summed E-state index contributed by atoms with van der Waals surface area (Å²) in [5.74, 6) is 0. The van der Waals surface area contributed by atoms with Crippen LogP contribution in [0.1, 0.15) is 30.9 Å². The van der Waals surface area contributed by atoms with Crippen molar-refractivity contribution in [2.24, 2.45) is 0 Å². The Balaban J connectivity index is 2.16. The number of rotatable bonds is 7. The van der Waals surface area contributed by atoms with Crippen LogP contribution in [-0.2, 0) is 6.42 Å². The molecule has 0 fully saturated rings. The summed E-state index contributed by atoms with van der Waals surface area (Å²) in [4.78, 5) is 0. The molecule has 1 nitrogen and oxygen atoms in total. The van der Waals surface area contributed by atoms with Crippen LogP contribution in [-0.4, -0.2) is 13.1 Å². The molecule has 1 rings (SSSR count). The zero-order valence-electron chi connectivity index (χ0n) is 10.5. The molecule has 0 heterocycles. The Bertz CT molecular complexity index is 315. The van der Waals surface area contributed by atoms with E-state index in [-0.39, 0.29) is 0 Å². The molecule has 0 bridgehead atoms. The Kier molecular flexibility index (Phi) is 6.59. The van der Waals surface area contributed by atoms with Crippen LogP contribution >= 0.6 is 0 Å². The molecule has 0 aromatic heterocycles. The van der Waals surface area contributed by atoms with Crippen LogP contribution in [0.25, 0.3) is 0 Å². The summed E-state index contributed by atoms with van der Waals surface area (Å²) in [5.41, 5.74) is 2.74. The first-order valence-corrected chi connectivity index (χ1v) is 6.24. The third-order valence-corrected chi connectivity index (χ3v) is 2.52. The van der Waals surface area contributed by atoms with E-state index in [9.17, 15) is 0 Å². The van der Waals surface area contributed by atoms with Gasteiger partial charge in [-0.2, -0.15) is 0 Å². The molecule has 0 aliphatic rings. The third-order valence-electron chi connectivity index (χ3n) is 2.52. The van der Waals surface area contributed by atoms with Gasteiger partial charge in [-0.15, -0.1) is 0 Å². The smallest absolute Gasteiger partial charge is 0.00143 e. The van der Waals surface area contributed by atoms with Gasteiger partial charge in [-0.3, -0.25) is 0 Å². The van der Waals surface area contributed by atoms with Crippen molar-refractivity contribution in [1.29, 1.82) is 0 Å². The van der Waals surface area contributed by atoms with E-state index in [1.54, 1.807) is 0 Å². The highest BCUT2D eigenvalue weighted by molar-refractivity contribution is 5.23. The summed E-state index contributed by atoms with van der Waals surface area (Å²) in [7, 11) is 0. The topological polar surface area (TPSA) is 12.0 Å². The van der Waals surface area contributed by atoms with Gasteiger partial charge >= 0.3 is 0 Å². The van der Waals surface area contributed by atoms with Crippen molar-refractivity contribution in [2.45, 2.75) is 33.1 Å². The van der Waals surface area contributed by atoms with E-state index in [1.165, 1.54) is 17.5 Å². The largest absolute Gasteiger partial charge is 0.316 e. The molecule has 88 valence electrons. The molecule has 0 spiro atoms. The molecular formula is C15H23N. The Morgan fingerprint density at radius 1 is 1.19 bits per heavy atom. The second-order valence-electron chi connectivity index (χ2n) is 4.20. The van der Waals surface area contributed by atoms with Gasteiger partial charge in [0.1, 0.15) is 0 Å². The molecule has 0 saturated heterocycles. The minimum absolute atomic E-state index is 1.05. The van der Waals surface area contributed by atoms with Crippen LogP contribution in [0.15, 0.2) is 36.4 Å². The predicted molar refractivity (Wildman–Crippen MR) is 71.8 cm³/mol. The number of hydrogen-bond donors (Lipinski definition) is 1. The zero-order valence-corrected chi connectivity index (χ0v) is 10.5. The third kappa shape index (κ3) is 5.72. The lowest BCUT2D eigenvalue weighted by atomic mass is 10.1. The summed E-state index contributed by atoms with van der Waals surface area (Å²) in [6.45, 7) is 6.56. The van der Waals surface area contributed by atoms with E-state index in [1.807, 2.05) is 0 Å². The number of aryl methyl sites for hydroxylation is 1. The fourth-order valence-corrected chi connectivity index (χ4v) is 1.66. The van der Waals surface area contributed by atoms with Gasteiger partial charge in [0.05, 0.1) is 0 Å². The highest BCUT2D eigenvalue weighted by atomic mass is 14.8. The first kappa shape index (κ1) is 13.0. The van der Waals surface area contributed by atoms with E-state index >= 15 is 0 Å². The fourth-order valence-electron chi connectivity index (χ4n) is 1.66. The van der Waals surface area contributed by atoms with Crippen LogP contribution < -0.4 is 5.32 Å². The average molecular weight is 217 g/mol. The van der Waals surface area contributed by atoms with Crippen molar-refractivity contribution in [1.82, 2.24) is 5.32 Å². The predicted octanol–water partition coefficient (Wildman–Crippen LogP) is 3.48. The molecule has 16 heavy (non-hydrogen) atoms. The minimum atomic E-state index is 1.05. The Morgan fingerprint density at radius 2 is 2.06 bits per heavy atom. The van der Waals surface area contributed by atoms with Crippen molar-refractivity contribution in [3.8, 4) is 0 Å². The van der Waals surface area contributed by atoms with Crippen LogP contribution in [0.5, 0.6) is 0 Å². The van der Waals surface area contributed by atoms with Gasteiger partial charge in [0.15, 0.2) is 0 Å². The Hall–Kier alpha value is -1.08. The lowest BCUT2D eigenvalue weighted by molar-refractivity contribution is 0.678. The highest BCUT2D eigenvalue weighted by Gasteiger charge is 1.89. The van der Waals surface area contributed by atoms with Crippen LogP contribution in [0.2, 0.25) is 0 Å². The van der Waals surface area contributed by atoms with Gasteiger partial charge in [0, 0.05) is 0 Å². The Labute approximate surface area is 99.6 Å². The molecule has 1 heteroatoms. The second kappa shape index (κ2) is 8.12. The van der Waals surface area contributed by atoms with Gasteiger partial charge in [0.25, 0.3) is 0 Å². The maximum Gasteiger partial charge on any atom is -0.00143 e. The first-order chi connectivity index (χ1) is 7.83. The standard InChI is InChI=1S/C15H23N/c1-3-11-16-12-6-4-5-9-15-10-7-8-14(2)13-15/h4-5,7-8,10,13,16H,3,6,9,11-12H2,1-2H3. The number of hydrogen-bond acceptors (Lipinski definition) is 1. The summed E-state index contributed by atoms with van der Waals surface area (Å²) in [5, 5.41) is 3.39. The monoisotopic (exact) mass is 217 g/mol. The molecule has 0 atom stereocenters. The van der Waals surface area contributed by atoms with Crippen molar-refractivity contribution in [3.63, 3.8) is 0 Å². The van der Waals surface area contributed by atoms with Gasteiger partial charge in [-0.1, -0.05) is 48.9 Å². The molecule has 0 aliphatic carbocycles. The van der Waals surface area contributed by atoms with Gasteiger partial charge in [-0.25, -0.2) is 0 Å². The maximum atomic E-state index is 3.39. The van der Waals surface area contributed by atoms with E-state index in [0.29, 0.717) is 0 Å².